The summed E-state index contributed by atoms with van der Waals surface area (Å²) < 4.78 is 5.76. The monoisotopic (exact) mass is 395 g/mol. The van der Waals surface area contributed by atoms with Crippen molar-refractivity contribution < 1.29 is 9.53 Å². The summed E-state index contributed by atoms with van der Waals surface area (Å²) in [6.07, 6.45) is 7.68. The molecule has 1 N–H and O–H groups in total. The summed E-state index contributed by atoms with van der Waals surface area (Å²) in [5.74, 6) is 0.613. The van der Waals surface area contributed by atoms with Gasteiger partial charge in [0.25, 0.3) is 0 Å². The third-order valence-corrected chi connectivity index (χ3v) is 6.17. The second kappa shape index (κ2) is 8.31. The Labute approximate surface area is 173 Å². The SMILES string of the molecule is CC(C)(C)OC(=O)N1[C@H](CNCc2cc3ccccc3cn2)C[C@@H]2CCCC[C@@H]21. The Kier molecular flexibility index (Phi) is 5.77. The quantitative estimate of drug-likeness (QED) is 0.801. The molecular formula is C24H33N3O2. The third kappa shape index (κ3) is 4.72. The van der Waals surface area contributed by atoms with Gasteiger partial charge in [0.2, 0.25) is 0 Å². The molecule has 2 heterocycles. The molecule has 1 amide bonds. The van der Waals surface area contributed by atoms with Gasteiger partial charge >= 0.3 is 6.09 Å². The Morgan fingerprint density at radius 3 is 2.76 bits per heavy atom. The van der Waals surface area contributed by atoms with Gasteiger partial charge in [-0.2, -0.15) is 0 Å². The zero-order chi connectivity index (χ0) is 20.4. The van der Waals surface area contributed by atoms with Crippen molar-refractivity contribution in [2.75, 3.05) is 6.54 Å². The minimum absolute atomic E-state index is 0.150. The van der Waals surface area contributed by atoms with Gasteiger partial charge in [-0.15, -0.1) is 0 Å². The average molecular weight is 396 g/mol. The van der Waals surface area contributed by atoms with Gasteiger partial charge in [-0.25, -0.2) is 4.79 Å². The van der Waals surface area contributed by atoms with E-state index in [1.54, 1.807) is 0 Å². The molecule has 156 valence electrons. The van der Waals surface area contributed by atoms with Crippen LogP contribution >= 0.6 is 0 Å². The molecule has 1 aromatic carbocycles. The number of carbonyl (C=O) groups excluding carboxylic acids is 1. The van der Waals surface area contributed by atoms with Gasteiger partial charge in [-0.3, -0.25) is 4.98 Å². The lowest BCUT2D eigenvalue weighted by molar-refractivity contribution is 0.0104. The Hall–Kier alpha value is -2.14. The number of benzene rings is 1. The molecule has 2 aromatic rings. The first-order valence-corrected chi connectivity index (χ1v) is 11.0. The van der Waals surface area contributed by atoms with Crippen molar-refractivity contribution in [1.82, 2.24) is 15.2 Å². The molecular weight excluding hydrogens is 362 g/mol. The number of likely N-dealkylation sites (tertiary alicyclic amines) is 1. The van der Waals surface area contributed by atoms with Crippen LogP contribution < -0.4 is 5.32 Å². The maximum Gasteiger partial charge on any atom is 0.410 e. The Morgan fingerprint density at radius 2 is 1.97 bits per heavy atom. The third-order valence-electron chi connectivity index (χ3n) is 6.17. The summed E-state index contributed by atoms with van der Waals surface area (Å²) in [7, 11) is 0. The van der Waals surface area contributed by atoms with Crippen LogP contribution in [-0.4, -0.2) is 40.2 Å². The number of nitrogens with zero attached hydrogens (tertiary/aromatic N) is 2. The molecule has 1 saturated carbocycles. The van der Waals surface area contributed by atoms with Crippen molar-refractivity contribution >= 4 is 16.9 Å². The van der Waals surface area contributed by atoms with Crippen LogP contribution in [0.2, 0.25) is 0 Å². The van der Waals surface area contributed by atoms with Crippen LogP contribution in [0.4, 0.5) is 4.79 Å². The van der Waals surface area contributed by atoms with Gasteiger partial charge < -0.3 is 15.0 Å². The molecule has 0 unspecified atom stereocenters. The number of carbonyl (C=O) groups is 1. The smallest absolute Gasteiger partial charge is 0.410 e. The van der Waals surface area contributed by atoms with Crippen molar-refractivity contribution in [3.05, 3.63) is 42.2 Å². The fraction of sp³-hybridized carbons (Fsp3) is 0.583. The van der Waals surface area contributed by atoms with E-state index in [9.17, 15) is 4.79 Å². The topological polar surface area (TPSA) is 54.5 Å². The standard InChI is InChI=1S/C24H33N3O2/c1-24(2,3)29-23(28)27-21(13-18-9-6-7-11-22(18)27)16-25-15-20-12-17-8-4-5-10-19(17)14-26-20/h4-5,8,10,12,14,18,21-22,25H,6-7,9,11,13,15-16H2,1-3H3/t18-,21-,22-/m0/s1. The van der Waals surface area contributed by atoms with Gasteiger partial charge in [0, 0.05) is 36.8 Å². The second-order valence-electron chi connectivity index (χ2n) is 9.54. The van der Waals surface area contributed by atoms with Gasteiger partial charge in [-0.1, -0.05) is 37.1 Å². The molecule has 3 atom stereocenters. The van der Waals surface area contributed by atoms with Crippen LogP contribution in [0.3, 0.4) is 0 Å². The maximum atomic E-state index is 13.0. The number of ether oxygens (including phenoxy) is 1. The summed E-state index contributed by atoms with van der Waals surface area (Å²) in [6.45, 7) is 7.31. The normalized spacial score (nSPS) is 24.5. The first-order chi connectivity index (χ1) is 13.9. The van der Waals surface area contributed by atoms with E-state index in [0.717, 1.165) is 30.5 Å². The summed E-state index contributed by atoms with van der Waals surface area (Å²) in [4.78, 5) is 19.6. The molecule has 29 heavy (non-hydrogen) atoms. The largest absolute Gasteiger partial charge is 0.444 e. The highest BCUT2D eigenvalue weighted by molar-refractivity contribution is 5.81. The van der Waals surface area contributed by atoms with Crippen molar-refractivity contribution in [3.63, 3.8) is 0 Å². The van der Waals surface area contributed by atoms with Crippen molar-refractivity contribution in [2.45, 2.75) is 77.1 Å². The zero-order valence-corrected chi connectivity index (χ0v) is 17.9. The van der Waals surface area contributed by atoms with E-state index in [4.69, 9.17) is 4.74 Å². The predicted molar refractivity (Wildman–Crippen MR) is 116 cm³/mol. The fourth-order valence-corrected chi connectivity index (χ4v) is 4.94. The molecule has 1 aliphatic carbocycles. The highest BCUT2D eigenvalue weighted by Crippen LogP contribution is 2.40. The minimum Gasteiger partial charge on any atom is -0.444 e. The van der Waals surface area contributed by atoms with Crippen LogP contribution in [0.1, 0.15) is 58.6 Å². The highest BCUT2D eigenvalue weighted by Gasteiger charge is 2.45. The fourth-order valence-electron chi connectivity index (χ4n) is 4.94. The van der Waals surface area contributed by atoms with Crippen LogP contribution in [0.5, 0.6) is 0 Å². The lowest BCUT2D eigenvalue weighted by Crippen LogP contribution is -2.48. The maximum absolute atomic E-state index is 13.0. The average Bonchev–Trinajstić information content (AvgIpc) is 3.05. The van der Waals surface area contributed by atoms with Crippen molar-refractivity contribution in [3.8, 4) is 0 Å². The first-order valence-electron chi connectivity index (χ1n) is 11.0. The Balaban J connectivity index is 1.41. The summed E-state index contributed by atoms with van der Waals surface area (Å²) in [5, 5.41) is 5.92. The van der Waals surface area contributed by atoms with Gasteiger partial charge in [0.1, 0.15) is 5.60 Å². The summed E-state index contributed by atoms with van der Waals surface area (Å²) in [6, 6.07) is 11.0. The molecule has 0 bridgehead atoms. The van der Waals surface area contributed by atoms with E-state index >= 15 is 0 Å². The van der Waals surface area contributed by atoms with E-state index in [-0.39, 0.29) is 12.1 Å². The first kappa shape index (κ1) is 20.1. The van der Waals surface area contributed by atoms with Crippen molar-refractivity contribution in [2.24, 2.45) is 5.92 Å². The number of amides is 1. The number of hydrogen-bond acceptors (Lipinski definition) is 4. The highest BCUT2D eigenvalue weighted by atomic mass is 16.6. The second-order valence-corrected chi connectivity index (χ2v) is 9.54. The lowest BCUT2D eigenvalue weighted by atomic mass is 9.85. The molecule has 4 rings (SSSR count). The number of aromatic nitrogens is 1. The van der Waals surface area contributed by atoms with E-state index in [1.165, 1.54) is 24.6 Å². The number of fused-ring (bicyclic) bond motifs is 2. The molecule has 1 aliphatic heterocycles. The zero-order valence-electron chi connectivity index (χ0n) is 17.9. The van der Waals surface area contributed by atoms with E-state index in [2.05, 4.69) is 39.5 Å². The van der Waals surface area contributed by atoms with E-state index < -0.39 is 5.60 Å². The summed E-state index contributed by atoms with van der Waals surface area (Å²) >= 11 is 0. The van der Waals surface area contributed by atoms with Crippen LogP contribution in [0, 0.1) is 5.92 Å². The number of rotatable bonds is 4. The number of hydrogen-bond donors (Lipinski definition) is 1. The van der Waals surface area contributed by atoms with E-state index in [1.807, 2.05) is 33.0 Å². The molecule has 5 heteroatoms. The molecule has 1 saturated heterocycles. The lowest BCUT2D eigenvalue weighted by Gasteiger charge is -2.35. The molecule has 5 nitrogen and oxygen atoms in total. The van der Waals surface area contributed by atoms with Crippen LogP contribution in [0.25, 0.3) is 10.8 Å². The Bertz CT molecular complexity index is 861. The molecule has 2 aliphatic rings. The van der Waals surface area contributed by atoms with Gasteiger partial charge in [-0.05, 0) is 57.4 Å². The minimum atomic E-state index is -0.461. The van der Waals surface area contributed by atoms with Gasteiger partial charge in [0.15, 0.2) is 0 Å². The van der Waals surface area contributed by atoms with Crippen LogP contribution in [0.15, 0.2) is 36.5 Å². The molecule has 0 radical (unpaired) electrons. The summed E-state index contributed by atoms with van der Waals surface area (Å²) in [5.41, 5.74) is 0.569. The van der Waals surface area contributed by atoms with E-state index in [0.29, 0.717) is 18.5 Å². The van der Waals surface area contributed by atoms with Crippen molar-refractivity contribution in [1.29, 1.82) is 0 Å². The molecule has 0 spiro atoms. The molecule has 1 aromatic heterocycles. The number of nitrogens with one attached hydrogen (secondary N) is 1. The number of pyridine rings is 1. The van der Waals surface area contributed by atoms with Gasteiger partial charge in [0.05, 0.1) is 5.69 Å². The Morgan fingerprint density at radius 1 is 1.21 bits per heavy atom. The predicted octanol–water partition coefficient (Wildman–Crippen LogP) is 4.89. The molecule has 2 fully saturated rings. The van der Waals surface area contributed by atoms with Crippen LogP contribution in [-0.2, 0) is 11.3 Å².